The second-order valence-corrected chi connectivity index (χ2v) is 6.14. The van der Waals surface area contributed by atoms with E-state index in [2.05, 4.69) is 10.3 Å². The number of nitrogens with zero attached hydrogens (tertiary/aromatic N) is 3. The Labute approximate surface area is 142 Å². The zero-order chi connectivity index (χ0) is 15.9. The molecule has 0 unspecified atom stereocenters. The first-order valence-corrected chi connectivity index (χ1v) is 7.94. The van der Waals surface area contributed by atoms with E-state index in [4.69, 9.17) is 5.73 Å². The normalized spacial score (nSPS) is 23.4. The highest BCUT2D eigenvalue weighted by Crippen LogP contribution is 2.21. The van der Waals surface area contributed by atoms with Gasteiger partial charge in [-0.05, 0) is 33.1 Å². The molecule has 2 atom stereocenters. The fourth-order valence-corrected chi connectivity index (χ4v) is 3.39. The molecular formula is C15H24ClN5O2. The van der Waals surface area contributed by atoms with Gasteiger partial charge in [-0.1, -0.05) is 0 Å². The van der Waals surface area contributed by atoms with E-state index in [1.165, 1.54) is 0 Å². The number of hydrogen-bond donors (Lipinski definition) is 2. The summed E-state index contributed by atoms with van der Waals surface area (Å²) in [6.45, 7) is 5.77. The minimum Gasteiger partial charge on any atom is -0.348 e. The van der Waals surface area contributed by atoms with E-state index in [1.54, 1.807) is 4.90 Å². The fourth-order valence-electron chi connectivity index (χ4n) is 3.39. The number of hydrogen-bond acceptors (Lipinski definition) is 4. The standard InChI is InChI=1S/C15H23N5O2.ClH/c1-3-19-6-7-20-9(2)17-12(13(20)15(19)22)14(21)18-11-5-4-10(16)8-11;/h10-11H,3-8,16H2,1-2H3,(H,18,21);1H/t10-,11-;/m1./s1. The van der Waals surface area contributed by atoms with Crippen LogP contribution in [-0.2, 0) is 6.54 Å². The molecule has 128 valence electrons. The first-order chi connectivity index (χ1) is 10.5. The van der Waals surface area contributed by atoms with Crippen LogP contribution in [0.15, 0.2) is 0 Å². The molecule has 0 aromatic carbocycles. The lowest BCUT2D eigenvalue weighted by Gasteiger charge is -2.27. The van der Waals surface area contributed by atoms with Crippen molar-refractivity contribution in [1.82, 2.24) is 19.8 Å². The van der Waals surface area contributed by atoms with Gasteiger partial charge in [-0.15, -0.1) is 12.4 Å². The molecular weight excluding hydrogens is 318 g/mol. The van der Waals surface area contributed by atoms with Crippen LogP contribution in [0.2, 0.25) is 0 Å². The molecule has 2 aliphatic rings. The molecule has 7 nitrogen and oxygen atoms in total. The highest BCUT2D eigenvalue weighted by molar-refractivity contribution is 6.05. The molecule has 2 amide bonds. The van der Waals surface area contributed by atoms with Gasteiger partial charge in [0.2, 0.25) is 0 Å². The number of nitrogens with one attached hydrogen (secondary N) is 1. The summed E-state index contributed by atoms with van der Waals surface area (Å²) in [6, 6.07) is 0.237. The summed E-state index contributed by atoms with van der Waals surface area (Å²) in [7, 11) is 0. The van der Waals surface area contributed by atoms with Crippen LogP contribution in [0.1, 0.15) is 53.0 Å². The number of nitrogens with two attached hydrogens (primary N) is 1. The van der Waals surface area contributed by atoms with E-state index in [1.807, 2.05) is 18.4 Å². The first-order valence-electron chi connectivity index (χ1n) is 7.94. The maximum atomic E-state index is 12.5. The van der Waals surface area contributed by atoms with Gasteiger partial charge in [0, 0.05) is 31.7 Å². The number of carbonyl (C=O) groups is 2. The van der Waals surface area contributed by atoms with Crippen LogP contribution in [0.25, 0.3) is 0 Å². The van der Waals surface area contributed by atoms with Crippen molar-refractivity contribution < 1.29 is 9.59 Å². The Morgan fingerprint density at radius 3 is 2.74 bits per heavy atom. The van der Waals surface area contributed by atoms with Crippen molar-refractivity contribution >= 4 is 24.2 Å². The van der Waals surface area contributed by atoms with Gasteiger partial charge in [0.25, 0.3) is 11.8 Å². The highest BCUT2D eigenvalue weighted by Gasteiger charge is 2.33. The lowest BCUT2D eigenvalue weighted by Crippen LogP contribution is -2.42. The van der Waals surface area contributed by atoms with Crippen molar-refractivity contribution in [3.63, 3.8) is 0 Å². The van der Waals surface area contributed by atoms with Gasteiger partial charge < -0.3 is 20.5 Å². The second kappa shape index (κ2) is 6.88. The number of fused-ring (bicyclic) bond motifs is 1. The molecule has 0 radical (unpaired) electrons. The second-order valence-electron chi connectivity index (χ2n) is 6.14. The Balaban J connectivity index is 0.00000192. The summed E-state index contributed by atoms with van der Waals surface area (Å²) in [6.07, 6.45) is 2.60. The average molecular weight is 342 g/mol. The van der Waals surface area contributed by atoms with Gasteiger partial charge in [0.05, 0.1) is 0 Å². The Hall–Kier alpha value is -1.60. The number of amides is 2. The lowest BCUT2D eigenvalue weighted by atomic mass is 10.2. The van der Waals surface area contributed by atoms with Gasteiger partial charge in [-0.25, -0.2) is 4.98 Å². The number of carbonyl (C=O) groups excluding carboxylic acids is 2. The van der Waals surface area contributed by atoms with Gasteiger partial charge in [-0.2, -0.15) is 0 Å². The maximum Gasteiger partial charge on any atom is 0.273 e. The van der Waals surface area contributed by atoms with Crippen LogP contribution < -0.4 is 11.1 Å². The summed E-state index contributed by atoms with van der Waals surface area (Å²) in [5.74, 6) is 0.345. The molecule has 1 aliphatic carbocycles. The zero-order valence-corrected chi connectivity index (χ0v) is 14.4. The summed E-state index contributed by atoms with van der Waals surface area (Å²) < 4.78 is 1.85. The van der Waals surface area contributed by atoms with E-state index in [-0.39, 0.29) is 42.0 Å². The highest BCUT2D eigenvalue weighted by atomic mass is 35.5. The third kappa shape index (κ3) is 3.21. The van der Waals surface area contributed by atoms with E-state index in [9.17, 15) is 9.59 Å². The largest absolute Gasteiger partial charge is 0.348 e. The van der Waals surface area contributed by atoms with Crippen molar-refractivity contribution in [3.05, 3.63) is 17.2 Å². The van der Waals surface area contributed by atoms with E-state index in [0.717, 1.165) is 19.3 Å². The number of rotatable bonds is 3. The van der Waals surface area contributed by atoms with Gasteiger partial charge in [0.15, 0.2) is 5.69 Å². The average Bonchev–Trinajstić information content (AvgIpc) is 3.04. The Bertz CT molecular complexity index is 615. The third-order valence-corrected chi connectivity index (χ3v) is 4.65. The zero-order valence-electron chi connectivity index (χ0n) is 13.5. The molecule has 0 bridgehead atoms. The maximum absolute atomic E-state index is 12.5. The van der Waals surface area contributed by atoms with E-state index < -0.39 is 0 Å². The van der Waals surface area contributed by atoms with Crippen molar-refractivity contribution in [1.29, 1.82) is 0 Å². The Morgan fingerprint density at radius 1 is 1.39 bits per heavy atom. The number of likely N-dealkylation sites (N-methyl/N-ethyl adjacent to an activating group) is 1. The number of aromatic nitrogens is 2. The van der Waals surface area contributed by atoms with Crippen LogP contribution in [0, 0.1) is 6.92 Å². The molecule has 1 saturated carbocycles. The molecule has 1 fully saturated rings. The van der Waals surface area contributed by atoms with Crippen LogP contribution in [0.4, 0.5) is 0 Å². The van der Waals surface area contributed by atoms with Crippen LogP contribution in [0.5, 0.6) is 0 Å². The summed E-state index contributed by atoms with van der Waals surface area (Å²) in [5, 5.41) is 2.98. The van der Waals surface area contributed by atoms with Gasteiger partial charge in [0.1, 0.15) is 11.5 Å². The number of aryl methyl sites for hydroxylation is 1. The Kier molecular flexibility index (Phi) is 5.31. The first kappa shape index (κ1) is 17.7. The SMILES string of the molecule is CCN1CCn2c(C)nc(C(=O)N[C@@H]3CC[C@@H](N)C3)c2C1=O.Cl. The van der Waals surface area contributed by atoms with Crippen LogP contribution in [-0.4, -0.2) is 51.4 Å². The van der Waals surface area contributed by atoms with Crippen molar-refractivity contribution in [2.24, 2.45) is 5.73 Å². The molecule has 1 aromatic heterocycles. The molecule has 1 aromatic rings. The summed E-state index contributed by atoms with van der Waals surface area (Å²) in [4.78, 5) is 31.2. The Morgan fingerprint density at radius 2 is 2.13 bits per heavy atom. The van der Waals surface area contributed by atoms with Crippen molar-refractivity contribution in [2.75, 3.05) is 13.1 Å². The smallest absolute Gasteiger partial charge is 0.273 e. The minimum absolute atomic E-state index is 0. The van der Waals surface area contributed by atoms with Crippen molar-refractivity contribution in [2.45, 2.75) is 51.7 Å². The summed E-state index contributed by atoms with van der Waals surface area (Å²) >= 11 is 0. The third-order valence-electron chi connectivity index (χ3n) is 4.65. The molecule has 1 aliphatic heterocycles. The monoisotopic (exact) mass is 341 g/mol. The quantitative estimate of drug-likeness (QED) is 0.846. The predicted molar refractivity (Wildman–Crippen MR) is 88.9 cm³/mol. The van der Waals surface area contributed by atoms with Crippen LogP contribution in [0.3, 0.4) is 0 Å². The minimum atomic E-state index is -0.262. The lowest BCUT2D eigenvalue weighted by molar-refractivity contribution is 0.0706. The fraction of sp³-hybridized carbons (Fsp3) is 0.667. The number of halogens is 1. The molecule has 3 N–H and O–H groups in total. The van der Waals surface area contributed by atoms with Crippen LogP contribution >= 0.6 is 12.4 Å². The van der Waals surface area contributed by atoms with Gasteiger partial charge in [-0.3, -0.25) is 9.59 Å². The van der Waals surface area contributed by atoms with E-state index in [0.29, 0.717) is 31.2 Å². The summed E-state index contributed by atoms with van der Waals surface area (Å²) in [5.41, 5.74) is 6.55. The molecule has 3 rings (SSSR count). The molecule has 0 spiro atoms. The molecule has 23 heavy (non-hydrogen) atoms. The number of imidazole rings is 1. The molecule has 2 heterocycles. The molecule has 8 heteroatoms. The van der Waals surface area contributed by atoms with Crippen molar-refractivity contribution in [3.8, 4) is 0 Å². The topological polar surface area (TPSA) is 93.2 Å². The predicted octanol–water partition coefficient (Wildman–Crippen LogP) is 0.699. The molecule has 0 saturated heterocycles. The van der Waals surface area contributed by atoms with Gasteiger partial charge >= 0.3 is 0 Å². The van der Waals surface area contributed by atoms with E-state index >= 15 is 0 Å².